The quantitative estimate of drug-likeness (QED) is 0.543. The number of halogens is 1. The van der Waals surface area contributed by atoms with E-state index in [-0.39, 0.29) is 5.56 Å². The number of nitrogens with zero attached hydrogens (tertiary/aromatic N) is 1. The van der Waals surface area contributed by atoms with Crippen molar-refractivity contribution in [1.29, 1.82) is 0 Å². The molecule has 0 amide bonds. The predicted octanol–water partition coefficient (Wildman–Crippen LogP) is 4.49. The molecule has 0 fully saturated rings. The molecule has 0 saturated carbocycles. The minimum Gasteiger partial charge on any atom is -0.496 e. The Morgan fingerprint density at radius 3 is 2.62 bits per heavy atom. The van der Waals surface area contributed by atoms with Gasteiger partial charge in [0.05, 0.1) is 18.2 Å². The Morgan fingerprint density at radius 1 is 1.19 bits per heavy atom. The monoisotopic (exact) mass is 351 g/mol. The van der Waals surface area contributed by atoms with Gasteiger partial charge in [0.25, 0.3) is 5.56 Å². The van der Waals surface area contributed by atoms with Gasteiger partial charge in [0.15, 0.2) is 0 Å². The Kier molecular flexibility index (Phi) is 5.85. The molecular formula is C17H22BrNO2. The Hall–Kier alpha value is -1.29. The summed E-state index contributed by atoms with van der Waals surface area (Å²) in [5, 5.41) is 1.51. The zero-order chi connectivity index (χ0) is 15.2. The van der Waals surface area contributed by atoms with Crippen LogP contribution in [0.2, 0.25) is 0 Å². The van der Waals surface area contributed by atoms with Crippen LogP contribution in [0.4, 0.5) is 0 Å². The summed E-state index contributed by atoms with van der Waals surface area (Å²) in [4.78, 5) is 12.7. The van der Waals surface area contributed by atoms with E-state index < -0.39 is 0 Å². The molecule has 1 aromatic heterocycles. The average molecular weight is 352 g/mol. The van der Waals surface area contributed by atoms with Crippen LogP contribution in [-0.4, -0.2) is 11.7 Å². The highest BCUT2D eigenvalue weighted by molar-refractivity contribution is 9.08. The highest BCUT2D eigenvalue weighted by Crippen LogP contribution is 2.28. The van der Waals surface area contributed by atoms with Crippen molar-refractivity contribution in [2.75, 3.05) is 7.11 Å². The lowest BCUT2D eigenvalue weighted by molar-refractivity contribution is 0.414. The third-order valence-corrected chi connectivity index (χ3v) is 4.35. The molecule has 4 heteroatoms. The number of pyridine rings is 1. The van der Waals surface area contributed by atoms with Gasteiger partial charge >= 0.3 is 0 Å². The molecule has 21 heavy (non-hydrogen) atoms. The summed E-state index contributed by atoms with van der Waals surface area (Å²) in [5.41, 5.74) is 1.71. The molecule has 1 heterocycles. The van der Waals surface area contributed by atoms with E-state index in [1.165, 1.54) is 12.8 Å². The highest BCUT2D eigenvalue weighted by Gasteiger charge is 2.15. The maximum absolute atomic E-state index is 12.7. The van der Waals surface area contributed by atoms with E-state index in [1.807, 2.05) is 28.8 Å². The van der Waals surface area contributed by atoms with Crippen LogP contribution in [0, 0.1) is 0 Å². The number of ether oxygens (including phenoxy) is 1. The van der Waals surface area contributed by atoms with Crippen LogP contribution < -0.4 is 10.3 Å². The molecule has 0 aliphatic carbocycles. The number of rotatable bonds is 7. The third-order valence-electron chi connectivity index (χ3n) is 3.79. The van der Waals surface area contributed by atoms with Gasteiger partial charge < -0.3 is 9.30 Å². The number of para-hydroxylation sites is 1. The molecule has 0 aliphatic rings. The third kappa shape index (κ3) is 3.31. The van der Waals surface area contributed by atoms with Gasteiger partial charge in [-0.25, -0.2) is 0 Å². The largest absolute Gasteiger partial charge is 0.496 e. The number of hydrogen-bond donors (Lipinski definition) is 0. The fraction of sp³-hybridized carbons (Fsp3) is 0.471. The Bertz CT molecular complexity index is 664. The molecule has 2 aromatic rings. The van der Waals surface area contributed by atoms with Crippen LogP contribution in [0.1, 0.15) is 38.2 Å². The number of aromatic nitrogens is 1. The minimum atomic E-state index is 0.0546. The molecule has 0 unspecified atom stereocenters. The maximum atomic E-state index is 12.7. The second-order valence-electron chi connectivity index (χ2n) is 5.18. The van der Waals surface area contributed by atoms with Crippen LogP contribution >= 0.6 is 15.9 Å². The summed E-state index contributed by atoms with van der Waals surface area (Å²) in [7, 11) is 1.62. The SMILES string of the molecule is CCCCCCn1c(=O)c(CBr)c(OC)c2ccccc21. The highest BCUT2D eigenvalue weighted by atomic mass is 79.9. The van der Waals surface area contributed by atoms with E-state index in [0.29, 0.717) is 16.6 Å². The summed E-state index contributed by atoms with van der Waals surface area (Å²) >= 11 is 3.42. The topological polar surface area (TPSA) is 31.2 Å². The van der Waals surface area contributed by atoms with Gasteiger partial charge in [0, 0.05) is 17.3 Å². The van der Waals surface area contributed by atoms with Crippen molar-refractivity contribution >= 4 is 26.8 Å². The number of alkyl halides is 1. The molecule has 0 radical (unpaired) electrons. The first-order valence-electron chi connectivity index (χ1n) is 7.49. The normalized spacial score (nSPS) is 11.0. The van der Waals surface area contributed by atoms with Crippen molar-refractivity contribution in [1.82, 2.24) is 4.57 Å². The van der Waals surface area contributed by atoms with Gasteiger partial charge in [-0.2, -0.15) is 0 Å². The van der Waals surface area contributed by atoms with Gasteiger partial charge in [-0.3, -0.25) is 4.79 Å². The van der Waals surface area contributed by atoms with E-state index in [0.717, 1.165) is 30.3 Å². The van der Waals surface area contributed by atoms with E-state index in [9.17, 15) is 4.79 Å². The molecule has 0 saturated heterocycles. The number of aryl methyl sites for hydroxylation is 1. The van der Waals surface area contributed by atoms with Crippen LogP contribution in [-0.2, 0) is 11.9 Å². The number of benzene rings is 1. The van der Waals surface area contributed by atoms with Crippen LogP contribution in [0.25, 0.3) is 10.9 Å². The first kappa shape index (κ1) is 16.1. The first-order chi connectivity index (χ1) is 10.2. The summed E-state index contributed by atoms with van der Waals surface area (Å²) in [5.74, 6) is 0.692. The molecule has 0 bridgehead atoms. The second kappa shape index (κ2) is 7.64. The zero-order valence-corrected chi connectivity index (χ0v) is 14.3. The summed E-state index contributed by atoms with van der Waals surface area (Å²) in [6.07, 6.45) is 4.61. The standard InChI is InChI=1S/C17H22BrNO2/c1-3-4-5-8-11-19-15-10-7-6-9-13(15)16(21-2)14(12-18)17(19)20/h6-7,9-10H,3-5,8,11-12H2,1-2H3. The van der Waals surface area contributed by atoms with Crippen LogP contribution in [0.3, 0.4) is 0 Å². The lowest BCUT2D eigenvalue weighted by Crippen LogP contribution is -2.24. The maximum Gasteiger partial charge on any atom is 0.258 e. The zero-order valence-electron chi connectivity index (χ0n) is 12.7. The average Bonchev–Trinajstić information content (AvgIpc) is 2.52. The first-order valence-corrected chi connectivity index (χ1v) is 8.61. The van der Waals surface area contributed by atoms with Gasteiger partial charge in [-0.05, 0) is 18.6 Å². The predicted molar refractivity (Wildman–Crippen MR) is 91.5 cm³/mol. The lowest BCUT2D eigenvalue weighted by atomic mass is 10.1. The molecule has 3 nitrogen and oxygen atoms in total. The van der Waals surface area contributed by atoms with Gasteiger partial charge in [0.1, 0.15) is 5.75 Å². The van der Waals surface area contributed by atoms with Gasteiger partial charge in [-0.1, -0.05) is 54.2 Å². The van der Waals surface area contributed by atoms with E-state index in [4.69, 9.17) is 4.74 Å². The number of hydrogen-bond acceptors (Lipinski definition) is 2. The molecule has 0 atom stereocenters. The minimum absolute atomic E-state index is 0.0546. The van der Waals surface area contributed by atoms with Crippen molar-refractivity contribution in [3.05, 3.63) is 40.2 Å². The molecule has 0 N–H and O–H groups in total. The molecule has 0 spiro atoms. The van der Waals surface area contributed by atoms with Crippen molar-refractivity contribution in [3.63, 3.8) is 0 Å². The fourth-order valence-corrected chi connectivity index (χ4v) is 3.20. The van der Waals surface area contributed by atoms with Gasteiger partial charge in [0.2, 0.25) is 0 Å². The Balaban J connectivity index is 2.53. The number of methoxy groups -OCH3 is 1. The van der Waals surface area contributed by atoms with Crippen molar-refractivity contribution in [2.24, 2.45) is 0 Å². The molecule has 1 aromatic carbocycles. The van der Waals surface area contributed by atoms with E-state index >= 15 is 0 Å². The Labute approximate surface area is 134 Å². The van der Waals surface area contributed by atoms with Crippen molar-refractivity contribution < 1.29 is 4.74 Å². The number of fused-ring (bicyclic) bond motifs is 1. The van der Waals surface area contributed by atoms with E-state index in [2.05, 4.69) is 22.9 Å². The van der Waals surface area contributed by atoms with Crippen LogP contribution in [0.5, 0.6) is 5.75 Å². The molecule has 114 valence electrons. The van der Waals surface area contributed by atoms with Crippen molar-refractivity contribution in [2.45, 2.75) is 44.5 Å². The summed E-state index contributed by atoms with van der Waals surface area (Å²) in [6, 6.07) is 7.96. The summed E-state index contributed by atoms with van der Waals surface area (Å²) < 4.78 is 7.38. The number of unbranched alkanes of at least 4 members (excludes halogenated alkanes) is 3. The molecular weight excluding hydrogens is 330 g/mol. The molecule has 0 aliphatic heterocycles. The van der Waals surface area contributed by atoms with Crippen molar-refractivity contribution in [3.8, 4) is 5.75 Å². The lowest BCUT2D eigenvalue weighted by Gasteiger charge is -2.16. The Morgan fingerprint density at radius 2 is 1.95 bits per heavy atom. The van der Waals surface area contributed by atoms with E-state index in [1.54, 1.807) is 7.11 Å². The van der Waals surface area contributed by atoms with Gasteiger partial charge in [-0.15, -0.1) is 0 Å². The van der Waals surface area contributed by atoms with Crippen LogP contribution in [0.15, 0.2) is 29.1 Å². The summed E-state index contributed by atoms with van der Waals surface area (Å²) in [6.45, 7) is 2.96. The smallest absolute Gasteiger partial charge is 0.258 e. The second-order valence-corrected chi connectivity index (χ2v) is 5.74. The molecule has 2 rings (SSSR count). The fourth-order valence-electron chi connectivity index (χ4n) is 2.70.